The lowest BCUT2D eigenvalue weighted by Gasteiger charge is -2.11. The van der Waals surface area contributed by atoms with Crippen molar-refractivity contribution in [2.24, 2.45) is 0 Å². The van der Waals surface area contributed by atoms with Crippen molar-refractivity contribution < 1.29 is 9.90 Å². The highest BCUT2D eigenvalue weighted by molar-refractivity contribution is 9.10. The van der Waals surface area contributed by atoms with E-state index >= 15 is 0 Å². The van der Waals surface area contributed by atoms with E-state index in [2.05, 4.69) is 21.2 Å². The van der Waals surface area contributed by atoms with Gasteiger partial charge < -0.3 is 10.4 Å². The molecule has 15 heavy (non-hydrogen) atoms. The van der Waals surface area contributed by atoms with Crippen LogP contribution in [-0.2, 0) is 0 Å². The van der Waals surface area contributed by atoms with Crippen LogP contribution in [0.25, 0.3) is 0 Å². The van der Waals surface area contributed by atoms with Crippen LogP contribution < -0.4 is 5.32 Å². The van der Waals surface area contributed by atoms with Crippen molar-refractivity contribution in [1.29, 1.82) is 0 Å². The first-order valence-corrected chi connectivity index (χ1v) is 5.63. The monoisotopic (exact) mass is 271 g/mol. The Bertz CT molecular complexity index is 377. The normalized spacial score (nSPS) is 10.1. The molecule has 2 N–H and O–H groups in total. The first-order chi connectivity index (χ1) is 7.06. The van der Waals surface area contributed by atoms with Gasteiger partial charge in [0.25, 0.3) is 0 Å². The second kappa shape index (κ2) is 5.16. The molecule has 4 heteroatoms. The number of aromatic carboxylic acids is 1. The first kappa shape index (κ1) is 12.0. The third-order valence-electron chi connectivity index (χ3n) is 2.02. The molecule has 1 aromatic rings. The van der Waals surface area contributed by atoms with Gasteiger partial charge in [0.05, 0.1) is 11.3 Å². The predicted octanol–water partition coefficient (Wildman–Crippen LogP) is 3.28. The van der Waals surface area contributed by atoms with Crippen LogP contribution in [-0.4, -0.2) is 17.6 Å². The van der Waals surface area contributed by atoms with Gasteiger partial charge in [-0.25, -0.2) is 4.79 Å². The molecule has 0 atom stereocenters. The third kappa shape index (κ3) is 2.96. The summed E-state index contributed by atoms with van der Waals surface area (Å²) in [6.45, 7) is 4.68. The van der Waals surface area contributed by atoms with Crippen LogP contribution in [0.15, 0.2) is 16.6 Å². The van der Waals surface area contributed by atoms with Crippen LogP contribution in [0, 0.1) is 6.92 Å². The van der Waals surface area contributed by atoms with Crippen molar-refractivity contribution in [3.8, 4) is 0 Å². The molecular formula is C11H14BrNO2. The Morgan fingerprint density at radius 3 is 2.73 bits per heavy atom. The quantitative estimate of drug-likeness (QED) is 0.884. The van der Waals surface area contributed by atoms with Crippen LogP contribution >= 0.6 is 15.9 Å². The van der Waals surface area contributed by atoms with Gasteiger partial charge in [-0.2, -0.15) is 0 Å². The van der Waals surface area contributed by atoms with E-state index in [0.29, 0.717) is 11.3 Å². The maximum absolute atomic E-state index is 11.0. The van der Waals surface area contributed by atoms with Crippen LogP contribution in [0.5, 0.6) is 0 Å². The van der Waals surface area contributed by atoms with Crippen LogP contribution in [0.4, 0.5) is 5.69 Å². The fourth-order valence-corrected chi connectivity index (χ4v) is 2.06. The van der Waals surface area contributed by atoms with Crippen molar-refractivity contribution in [3.05, 3.63) is 27.7 Å². The van der Waals surface area contributed by atoms with E-state index in [-0.39, 0.29) is 0 Å². The lowest BCUT2D eigenvalue weighted by Crippen LogP contribution is -2.08. The zero-order valence-electron chi connectivity index (χ0n) is 8.80. The molecule has 0 spiro atoms. The summed E-state index contributed by atoms with van der Waals surface area (Å²) in [4.78, 5) is 11.0. The number of benzene rings is 1. The average Bonchev–Trinajstić information content (AvgIpc) is 2.15. The van der Waals surface area contributed by atoms with Gasteiger partial charge in [-0.15, -0.1) is 0 Å². The zero-order chi connectivity index (χ0) is 11.4. The Kier molecular flexibility index (Phi) is 4.15. The fraction of sp³-hybridized carbons (Fsp3) is 0.364. The highest BCUT2D eigenvalue weighted by atomic mass is 79.9. The van der Waals surface area contributed by atoms with Crippen molar-refractivity contribution in [2.45, 2.75) is 20.3 Å². The number of anilines is 1. The number of hydrogen-bond acceptors (Lipinski definition) is 2. The lowest BCUT2D eigenvalue weighted by molar-refractivity contribution is 0.0697. The van der Waals surface area contributed by atoms with Gasteiger partial charge >= 0.3 is 5.97 Å². The molecule has 0 fully saturated rings. The zero-order valence-corrected chi connectivity index (χ0v) is 10.4. The number of aryl methyl sites for hydroxylation is 1. The molecular weight excluding hydrogens is 258 g/mol. The molecule has 0 unspecified atom stereocenters. The summed E-state index contributed by atoms with van der Waals surface area (Å²) >= 11 is 3.37. The molecule has 1 rings (SSSR count). The molecule has 0 aliphatic carbocycles. The van der Waals surface area contributed by atoms with Gasteiger partial charge in [0.1, 0.15) is 0 Å². The molecule has 0 heterocycles. The lowest BCUT2D eigenvalue weighted by atomic mass is 10.1. The van der Waals surface area contributed by atoms with Gasteiger partial charge in [0.2, 0.25) is 0 Å². The second-order valence-corrected chi connectivity index (χ2v) is 4.26. The van der Waals surface area contributed by atoms with Crippen LogP contribution in [0.3, 0.4) is 0 Å². The average molecular weight is 272 g/mol. The summed E-state index contributed by atoms with van der Waals surface area (Å²) in [5.41, 5.74) is 1.91. The minimum absolute atomic E-state index is 0.315. The molecule has 3 nitrogen and oxygen atoms in total. The Balaban J connectivity index is 3.15. The standard InChI is InChI=1S/C11H14BrNO2/c1-3-4-13-10-8(11(14)15)5-7(2)6-9(10)12/h5-6,13H,3-4H2,1-2H3,(H,14,15). The van der Waals surface area contributed by atoms with E-state index in [0.717, 1.165) is 23.0 Å². The van der Waals surface area contributed by atoms with E-state index in [4.69, 9.17) is 5.11 Å². The van der Waals surface area contributed by atoms with E-state index in [1.807, 2.05) is 19.9 Å². The Morgan fingerprint density at radius 1 is 1.53 bits per heavy atom. The van der Waals surface area contributed by atoms with E-state index < -0.39 is 5.97 Å². The summed E-state index contributed by atoms with van der Waals surface area (Å²) in [6.07, 6.45) is 0.958. The minimum atomic E-state index is -0.905. The van der Waals surface area contributed by atoms with Crippen molar-refractivity contribution >= 4 is 27.6 Å². The van der Waals surface area contributed by atoms with Crippen molar-refractivity contribution in [3.63, 3.8) is 0 Å². The highest BCUT2D eigenvalue weighted by Gasteiger charge is 2.13. The topological polar surface area (TPSA) is 49.3 Å². The minimum Gasteiger partial charge on any atom is -0.478 e. The highest BCUT2D eigenvalue weighted by Crippen LogP contribution is 2.28. The van der Waals surface area contributed by atoms with Gasteiger partial charge in [0, 0.05) is 11.0 Å². The summed E-state index contributed by atoms with van der Waals surface area (Å²) in [6, 6.07) is 3.58. The van der Waals surface area contributed by atoms with E-state index in [1.165, 1.54) is 0 Å². The van der Waals surface area contributed by atoms with Gasteiger partial charge in [-0.3, -0.25) is 0 Å². The Morgan fingerprint density at radius 2 is 2.20 bits per heavy atom. The summed E-state index contributed by atoms with van der Waals surface area (Å²) in [5.74, 6) is -0.905. The van der Waals surface area contributed by atoms with Crippen LogP contribution in [0.2, 0.25) is 0 Å². The molecule has 0 aliphatic rings. The van der Waals surface area contributed by atoms with E-state index in [9.17, 15) is 4.79 Å². The molecule has 82 valence electrons. The Labute approximate surface area is 97.6 Å². The van der Waals surface area contributed by atoms with Crippen LogP contribution in [0.1, 0.15) is 29.3 Å². The molecule has 0 aromatic heterocycles. The number of hydrogen-bond donors (Lipinski definition) is 2. The summed E-state index contributed by atoms with van der Waals surface area (Å²) < 4.78 is 0.799. The molecule has 1 aromatic carbocycles. The molecule has 0 bridgehead atoms. The molecule has 0 aliphatic heterocycles. The number of carboxylic acid groups (broad SMARTS) is 1. The molecule has 0 amide bonds. The number of rotatable bonds is 4. The molecule has 0 saturated carbocycles. The number of carbonyl (C=O) groups is 1. The van der Waals surface area contributed by atoms with Gasteiger partial charge in [-0.05, 0) is 47.0 Å². The van der Waals surface area contributed by atoms with E-state index in [1.54, 1.807) is 6.07 Å². The molecule has 0 radical (unpaired) electrons. The van der Waals surface area contributed by atoms with Crippen molar-refractivity contribution in [1.82, 2.24) is 0 Å². The maximum Gasteiger partial charge on any atom is 0.337 e. The Hall–Kier alpha value is -1.03. The first-order valence-electron chi connectivity index (χ1n) is 4.83. The largest absolute Gasteiger partial charge is 0.478 e. The SMILES string of the molecule is CCCNc1c(Br)cc(C)cc1C(=O)O. The molecule has 0 saturated heterocycles. The van der Waals surface area contributed by atoms with Gasteiger partial charge in [0.15, 0.2) is 0 Å². The second-order valence-electron chi connectivity index (χ2n) is 3.40. The number of halogens is 1. The smallest absolute Gasteiger partial charge is 0.337 e. The number of carboxylic acids is 1. The van der Waals surface area contributed by atoms with Crippen molar-refractivity contribution in [2.75, 3.05) is 11.9 Å². The predicted molar refractivity (Wildman–Crippen MR) is 64.6 cm³/mol. The summed E-state index contributed by atoms with van der Waals surface area (Å²) in [7, 11) is 0. The number of nitrogens with one attached hydrogen (secondary N) is 1. The van der Waals surface area contributed by atoms with Gasteiger partial charge in [-0.1, -0.05) is 6.92 Å². The summed E-state index contributed by atoms with van der Waals surface area (Å²) in [5, 5.41) is 12.2. The third-order valence-corrected chi connectivity index (χ3v) is 2.64. The maximum atomic E-state index is 11.0. The fourth-order valence-electron chi connectivity index (χ4n) is 1.34.